The van der Waals surface area contributed by atoms with Gasteiger partial charge in [-0.3, -0.25) is 9.59 Å². The predicted molar refractivity (Wildman–Crippen MR) is 133 cm³/mol. The summed E-state index contributed by atoms with van der Waals surface area (Å²) in [6.07, 6.45) is 5.86. The maximum absolute atomic E-state index is 12.4. The Balaban J connectivity index is 1.42. The van der Waals surface area contributed by atoms with Crippen LogP contribution in [0.5, 0.6) is 0 Å². The molecule has 0 aliphatic heterocycles. The molecule has 0 saturated heterocycles. The van der Waals surface area contributed by atoms with Gasteiger partial charge >= 0.3 is 0 Å². The van der Waals surface area contributed by atoms with E-state index in [4.69, 9.17) is 5.73 Å². The van der Waals surface area contributed by atoms with E-state index in [0.29, 0.717) is 23.6 Å². The number of benzene rings is 2. The molecule has 5 rings (SSSR count). The Hall–Kier alpha value is -4.13. The van der Waals surface area contributed by atoms with E-state index in [0.717, 1.165) is 27.9 Å². The topological polar surface area (TPSA) is 102 Å². The quantitative estimate of drug-likeness (QED) is 0.371. The summed E-state index contributed by atoms with van der Waals surface area (Å²) in [5, 5.41) is 10.9. The van der Waals surface area contributed by atoms with Crippen LogP contribution in [0.2, 0.25) is 0 Å². The van der Waals surface area contributed by atoms with Crippen molar-refractivity contribution in [1.82, 2.24) is 14.9 Å². The van der Waals surface area contributed by atoms with Crippen LogP contribution in [0, 0.1) is 5.92 Å². The molecule has 2 aromatic heterocycles. The Labute approximate surface area is 198 Å². The summed E-state index contributed by atoms with van der Waals surface area (Å²) in [4.78, 5) is 24.5. The highest BCUT2D eigenvalue weighted by molar-refractivity contribution is 6.02. The van der Waals surface area contributed by atoms with Crippen molar-refractivity contribution < 1.29 is 9.59 Å². The Morgan fingerprint density at radius 3 is 2.62 bits per heavy atom. The number of primary amides is 1. The van der Waals surface area contributed by atoms with Crippen molar-refractivity contribution in [2.75, 3.05) is 5.32 Å². The third-order valence-electron chi connectivity index (χ3n) is 6.35. The number of hydrogen-bond donors (Lipinski definition) is 3. The number of carbonyl (C=O) groups is 2. The van der Waals surface area contributed by atoms with Gasteiger partial charge in [0.05, 0.1) is 23.0 Å². The van der Waals surface area contributed by atoms with Gasteiger partial charge in [-0.1, -0.05) is 36.4 Å². The third kappa shape index (κ3) is 4.50. The zero-order chi connectivity index (χ0) is 23.7. The molecule has 1 atom stereocenters. The second-order valence-corrected chi connectivity index (χ2v) is 8.88. The summed E-state index contributed by atoms with van der Waals surface area (Å²) in [5.74, 6) is 0.00911. The molecule has 1 saturated carbocycles. The number of aromatic nitrogens is 2. The van der Waals surface area contributed by atoms with E-state index in [9.17, 15) is 9.59 Å². The Morgan fingerprint density at radius 2 is 1.88 bits per heavy atom. The molecule has 0 unspecified atom stereocenters. The fourth-order valence-electron chi connectivity index (χ4n) is 4.23. The zero-order valence-corrected chi connectivity index (χ0v) is 19.0. The summed E-state index contributed by atoms with van der Waals surface area (Å²) in [7, 11) is 0. The lowest BCUT2D eigenvalue weighted by Crippen LogP contribution is -2.22. The first-order valence-corrected chi connectivity index (χ1v) is 11.5. The van der Waals surface area contributed by atoms with Gasteiger partial charge in [-0.15, -0.1) is 0 Å². The van der Waals surface area contributed by atoms with E-state index >= 15 is 0 Å². The van der Waals surface area contributed by atoms with Crippen molar-refractivity contribution in [3.63, 3.8) is 0 Å². The highest BCUT2D eigenvalue weighted by Crippen LogP contribution is 2.36. The number of carbonyl (C=O) groups excluding carboxylic acids is 2. The number of fused-ring (bicyclic) bond motifs is 1. The summed E-state index contributed by atoms with van der Waals surface area (Å²) in [6, 6.07) is 19.5. The lowest BCUT2D eigenvalue weighted by atomic mass is 10.1. The van der Waals surface area contributed by atoms with Crippen molar-refractivity contribution in [2.45, 2.75) is 32.4 Å². The maximum atomic E-state index is 12.4. The first-order chi connectivity index (χ1) is 16.5. The maximum Gasteiger partial charge on any atom is 0.252 e. The Kier molecular flexibility index (Phi) is 5.76. The van der Waals surface area contributed by atoms with Crippen LogP contribution in [0.3, 0.4) is 0 Å². The molecule has 2 heterocycles. The Bertz CT molecular complexity index is 1360. The molecule has 34 heavy (non-hydrogen) atoms. The first-order valence-electron chi connectivity index (χ1n) is 11.5. The van der Waals surface area contributed by atoms with E-state index in [1.165, 1.54) is 19.0 Å². The molecule has 0 radical (unpaired) electrons. The normalized spacial score (nSPS) is 14.0. The van der Waals surface area contributed by atoms with E-state index in [2.05, 4.69) is 28.7 Å². The van der Waals surface area contributed by atoms with Crippen LogP contribution >= 0.6 is 0 Å². The first kappa shape index (κ1) is 21.7. The molecular weight excluding hydrogens is 426 g/mol. The summed E-state index contributed by atoms with van der Waals surface area (Å²) in [5.41, 5.74) is 11.2. The molecule has 0 bridgehead atoms. The van der Waals surface area contributed by atoms with Gasteiger partial charge in [-0.25, -0.2) is 4.52 Å². The average molecular weight is 454 g/mol. The largest absolute Gasteiger partial charge is 0.380 e. The van der Waals surface area contributed by atoms with E-state index in [1.807, 2.05) is 48.7 Å². The summed E-state index contributed by atoms with van der Waals surface area (Å²) in [6.45, 7) is 2.56. The van der Waals surface area contributed by atoms with Crippen LogP contribution < -0.4 is 16.4 Å². The van der Waals surface area contributed by atoms with E-state index in [1.54, 1.807) is 16.6 Å². The van der Waals surface area contributed by atoms with Gasteiger partial charge < -0.3 is 16.4 Å². The molecule has 1 fully saturated rings. The van der Waals surface area contributed by atoms with Gasteiger partial charge in [-0.2, -0.15) is 5.10 Å². The van der Waals surface area contributed by atoms with Gasteiger partial charge in [0.2, 0.25) is 0 Å². The van der Waals surface area contributed by atoms with Crippen LogP contribution in [0.15, 0.2) is 73.1 Å². The Morgan fingerprint density at radius 1 is 1.09 bits per heavy atom. The number of nitrogens with two attached hydrogens (primary N) is 1. The van der Waals surface area contributed by atoms with Crippen LogP contribution in [0.25, 0.3) is 16.6 Å². The minimum atomic E-state index is -0.501. The second kappa shape index (κ2) is 9.02. The molecule has 0 spiro atoms. The van der Waals surface area contributed by atoms with Crippen molar-refractivity contribution >= 4 is 23.0 Å². The lowest BCUT2D eigenvalue weighted by molar-refractivity contribution is 0.0949. The predicted octanol–water partition coefficient (Wildman–Crippen LogP) is 4.24. The second-order valence-electron chi connectivity index (χ2n) is 8.88. The highest BCUT2D eigenvalue weighted by atomic mass is 16.2. The number of anilines is 1. The lowest BCUT2D eigenvalue weighted by Gasteiger charge is -2.17. The minimum Gasteiger partial charge on any atom is -0.380 e. The van der Waals surface area contributed by atoms with E-state index in [-0.39, 0.29) is 11.9 Å². The molecule has 2 aromatic carbocycles. The molecule has 7 nitrogen and oxygen atoms in total. The smallest absolute Gasteiger partial charge is 0.252 e. The fourth-order valence-corrected chi connectivity index (χ4v) is 4.23. The summed E-state index contributed by atoms with van der Waals surface area (Å²) < 4.78 is 1.77. The molecule has 1 aliphatic rings. The number of nitrogens with one attached hydrogen (secondary N) is 2. The molecule has 172 valence electrons. The van der Waals surface area contributed by atoms with Crippen LogP contribution in [0.1, 0.15) is 46.0 Å². The molecule has 4 aromatic rings. The van der Waals surface area contributed by atoms with Crippen LogP contribution in [-0.4, -0.2) is 27.5 Å². The standard InChI is InChI=1S/C27H27N5O2/c1-17(19-10-11-19)31-25-23(26(28)33)15-30-32-16-22(13-24(25)32)21-9-5-6-18(12-21)14-29-27(34)20-7-3-2-4-8-20/h2-9,12-13,15-17,19,31H,10-11,14H2,1H3,(H2,28,33)(H,29,34)/t17-/m1/s1. The van der Waals surface area contributed by atoms with Gasteiger partial charge in [0.25, 0.3) is 11.8 Å². The summed E-state index contributed by atoms with van der Waals surface area (Å²) >= 11 is 0. The van der Waals surface area contributed by atoms with Gasteiger partial charge in [0.1, 0.15) is 0 Å². The fraction of sp³-hybridized carbons (Fsp3) is 0.222. The molecule has 7 heteroatoms. The number of nitrogens with zero attached hydrogens (tertiary/aromatic N) is 2. The molecule has 1 aliphatic carbocycles. The zero-order valence-electron chi connectivity index (χ0n) is 19.0. The van der Waals surface area contributed by atoms with Gasteiger partial charge in [-0.05, 0) is 61.1 Å². The number of rotatable bonds is 8. The molecule has 4 N–H and O–H groups in total. The number of hydrogen-bond acceptors (Lipinski definition) is 4. The monoisotopic (exact) mass is 453 g/mol. The van der Waals surface area contributed by atoms with Crippen molar-refractivity contribution in [3.05, 3.63) is 89.7 Å². The third-order valence-corrected chi connectivity index (χ3v) is 6.35. The molecule has 2 amide bonds. The van der Waals surface area contributed by atoms with Crippen LogP contribution in [-0.2, 0) is 6.54 Å². The SMILES string of the molecule is C[C@@H](Nc1c(C(N)=O)cnn2cc(-c3cccc(CNC(=O)c4ccccc4)c3)cc12)C1CC1. The van der Waals surface area contributed by atoms with Gasteiger partial charge in [0.15, 0.2) is 0 Å². The van der Waals surface area contributed by atoms with Gasteiger partial charge in [0, 0.05) is 29.9 Å². The highest BCUT2D eigenvalue weighted by Gasteiger charge is 2.29. The minimum absolute atomic E-state index is 0.107. The average Bonchev–Trinajstić information content (AvgIpc) is 3.62. The molecular formula is C27H27N5O2. The van der Waals surface area contributed by atoms with E-state index < -0.39 is 5.91 Å². The van der Waals surface area contributed by atoms with Crippen molar-refractivity contribution in [1.29, 1.82) is 0 Å². The van der Waals surface area contributed by atoms with Crippen molar-refractivity contribution in [2.24, 2.45) is 11.7 Å². The van der Waals surface area contributed by atoms with Crippen LogP contribution in [0.4, 0.5) is 5.69 Å². The van der Waals surface area contributed by atoms with Crippen molar-refractivity contribution in [3.8, 4) is 11.1 Å². The number of amides is 2.